The fourth-order valence-corrected chi connectivity index (χ4v) is 3.00. The van der Waals surface area contributed by atoms with Crippen molar-refractivity contribution in [2.45, 2.75) is 39.5 Å². The van der Waals surface area contributed by atoms with Crippen molar-refractivity contribution >= 4 is 29.5 Å². The first-order chi connectivity index (χ1) is 12.7. The second-order valence-corrected chi connectivity index (χ2v) is 7.40. The molecular formula is C21H26Cl2O4. The number of ether oxygens (including phenoxy) is 2. The molecule has 0 unspecified atom stereocenters. The smallest absolute Gasteiger partial charge is 0.150 e. The minimum absolute atomic E-state index is 0.223. The van der Waals surface area contributed by atoms with Crippen LogP contribution in [0.15, 0.2) is 24.3 Å². The van der Waals surface area contributed by atoms with Gasteiger partial charge in [0.25, 0.3) is 0 Å². The van der Waals surface area contributed by atoms with Gasteiger partial charge < -0.3 is 14.6 Å². The van der Waals surface area contributed by atoms with Crippen LogP contribution in [0, 0.1) is 0 Å². The molecule has 0 saturated heterocycles. The zero-order valence-electron chi connectivity index (χ0n) is 16.5. The summed E-state index contributed by atoms with van der Waals surface area (Å²) < 4.78 is 10.1. The molecule has 0 heterocycles. The van der Waals surface area contributed by atoms with Gasteiger partial charge in [0.1, 0.15) is 23.5 Å². The third-order valence-corrected chi connectivity index (χ3v) is 4.62. The Labute approximate surface area is 171 Å². The molecule has 2 aromatic carbocycles. The van der Waals surface area contributed by atoms with E-state index in [-0.39, 0.29) is 17.6 Å². The number of hydrogen-bond acceptors (Lipinski definition) is 4. The first-order valence-corrected chi connectivity index (χ1v) is 9.30. The third kappa shape index (κ3) is 6.05. The van der Waals surface area contributed by atoms with Gasteiger partial charge in [0.2, 0.25) is 0 Å². The molecule has 0 atom stereocenters. The number of phenols is 1. The van der Waals surface area contributed by atoms with Crippen molar-refractivity contribution in [3.63, 3.8) is 0 Å². The summed E-state index contributed by atoms with van der Waals surface area (Å²) in [5, 5.41) is 10.4. The highest BCUT2D eigenvalue weighted by Crippen LogP contribution is 2.35. The minimum Gasteiger partial charge on any atom is -0.508 e. The molecular weight excluding hydrogens is 387 g/mol. The van der Waals surface area contributed by atoms with Gasteiger partial charge in [-0.25, -0.2) is 0 Å². The molecule has 4 nitrogen and oxygen atoms in total. The van der Waals surface area contributed by atoms with Crippen LogP contribution in [-0.2, 0) is 0 Å². The van der Waals surface area contributed by atoms with Crippen LogP contribution in [0.5, 0.6) is 17.2 Å². The largest absolute Gasteiger partial charge is 0.508 e. The van der Waals surface area contributed by atoms with Crippen LogP contribution in [0.4, 0.5) is 0 Å². The van der Waals surface area contributed by atoms with Gasteiger partial charge in [0.05, 0.1) is 24.3 Å². The van der Waals surface area contributed by atoms with Crippen molar-refractivity contribution in [2.75, 3.05) is 14.2 Å². The predicted molar refractivity (Wildman–Crippen MR) is 111 cm³/mol. The van der Waals surface area contributed by atoms with Crippen LogP contribution in [0.3, 0.4) is 0 Å². The fourth-order valence-electron chi connectivity index (χ4n) is 2.52. The van der Waals surface area contributed by atoms with Gasteiger partial charge in [-0.1, -0.05) is 50.9 Å². The average molecular weight is 413 g/mol. The van der Waals surface area contributed by atoms with Gasteiger partial charge in [-0.05, 0) is 35.6 Å². The van der Waals surface area contributed by atoms with Crippen LogP contribution in [0.1, 0.15) is 61.0 Å². The standard InChI is InChI=1S/C11H13ClO2.C10H13ClO2/c1-7(2)9-5-11(14-3)10(12)4-8(9)6-13;1-6(2)7-4-10(13-3)8(11)5-9(7)12/h4-7H,1-3H3;4-6,12H,1-3H3. The summed E-state index contributed by atoms with van der Waals surface area (Å²) in [5.74, 6) is 1.97. The van der Waals surface area contributed by atoms with Gasteiger partial charge in [-0.15, -0.1) is 0 Å². The molecule has 0 fully saturated rings. The highest BCUT2D eigenvalue weighted by Gasteiger charge is 2.11. The quantitative estimate of drug-likeness (QED) is 0.572. The Morgan fingerprint density at radius 2 is 1.30 bits per heavy atom. The van der Waals surface area contributed by atoms with Crippen LogP contribution in [0.25, 0.3) is 0 Å². The Bertz CT molecular complexity index is 786. The van der Waals surface area contributed by atoms with Gasteiger partial charge in [0, 0.05) is 17.2 Å². The van der Waals surface area contributed by atoms with E-state index in [1.165, 1.54) is 6.07 Å². The molecule has 0 spiro atoms. The summed E-state index contributed by atoms with van der Waals surface area (Å²) in [6, 6.07) is 6.73. The van der Waals surface area contributed by atoms with E-state index in [9.17, 15) is 9.90 Å². The molecule has 0 aliphatic heterocycles. The highest BCUT2D eigenvalue weighted by atomic mass is 35.5. The summed E-state index contributed by atoms with van der Waals surface area (Å²) in [4.78, 5) is 10.8. The van der Waals surface area contributed by atoms with E-state index in [1.54, 1.807) is 26.4 Å². The number of carbonyl (C=O) groups is 1. The molecule has 2 rings (SSSR count). The van der Waals surface area contributed by atoms with Crippen molar-refractivity contribution in [2.24, 2.45) is 0 Å². The van der Waals surface area contributed by atoms with E-state index < -0.39 is 0 Å². The summed E-state index contributed by atoms with van der Waals surface area (Å²) in [7, 11) is 3.12. The maximum atomic E-state index is 10.8. The molecule has 1 N–H and O–H groups in total. The zero-order valence-corrected chi connectivity index (χ0v) is 18.0. The van der Waals surface area contributed by atoms with Crippen molar-refractivity contribution in [3.05, 3.63) is 51.0 Å². The lowest BCUT2D eigenvalue weighted by atomic mass is 9.97. The maximum absolute atomic E-state index is 10.8. The number of methoxy groups -OCH3 is 2. The van der Waals surface area contributed by atoms with Crippen molar-refractivity contribution in [1.82, 2.24) is 0 Å². The molecule has 0 amide bonds. The summed E-state index contributed by atoms with van der Waals surface area (Å²) in [6.45, 7) is 8.05. The monoisotopic (exact) mass is 412 g/mol. The molecule has 27 heavy (non-hydrogen) atoms. The molecule has 6 heteroatoms. The molecule has 0 aromatic heterocycles. The first kappa shape index (κ1) is 23.1. The maximum Gasteiger partial charge on any atom is 0.150 e. The number of aldehydes is 1. The van der Waals surface area contributed by atoms with E-state index in [0.717, 1.165) is 17.4 Å². The Hall–Kier alpha value is -1.91. The molecule has 0 saturated carbocycles. The predicted octanol–water partition coefficient (Wildman–Crippen LogP) is 6.46. The third-order valence-electron chi connectivity index (χ3n) is 4.03. The van der Waals surface area contributed by atoms with Crippen LogP contribution < -0.4 is 9.47 Å². The molecule has 0 radical (unpaired) electrons. The summed E-state index contributed by atoms with van der Waals surface area (Å²) in [5.41, 5.74) is 2.44. The normalized spacial score (nSPS) is 10.4. The van der Waals surface area contributed by atoms with Crippen LogP contribution in [0.2, 0.25) is 10.0 Å². The van der Waals surface area contributed by atoms with Crippen molar-refractivity contribution in [3.8, 4) is 17.2 Å². The Balaban J connectivity index is 0.000000271. The van der Waals surface area contributed by atoms with Crippen molar-refractivity contribution < 1.29 is 19.4 Å². The summed E-state index contributed by atoms with van der Waals surface area (Å²) in [6.07, 6.45) is 0.820. The number of phenolic OH excluding ortho intramolecular Hbond substituents is 1. The fraction of sp³-hybridized carbons (Fsp3) is 0.381. The lowest BCUT2D eigenvalue weighted by molar-refractivity contribution is 0.112. The first-order valence-electron chi connectivity index (χ1n) is 8.55. The van der Waals surface area contributed by atoms with Gasteiger partial charge in [0.15, 0.2) is 0 Å². The topological polar surface area (TPSA) is 55.8 Å². The lowest BCUT2D eigenvalue weighted by Gasteiger charge is -2.12. The lowest BCUT2D eigenvalue weighted by Crippen LogP contribution is -1.97. The second kappa shape index (κ2) is 10.4. The Morgan fingerprint density at radius 3 is 1.70 bits per heavy atom. The van der Waals surface area contributed by atoms with E-state index in [4.69, 9.17) is 32.7 Å². The number of aromatic hydroxyl groups is 1. The number of rotatable bonds is 5. The highest BCUT2D eigenvalue weighted by molar-refractivity contribution is 6.32. The van der Waals surface area contributed by atoms with Crippen LogP contribution in [-0.4, -0.2) is 25.6 Å². The molecule has 148 valence electrons. The number of benzene rings is 2. The molecule has 0 aliphatic rings. The van der Waals surface area contributed by atoms with E-state index >= 15 is 0 Å². The van der Waals surface area contributed by atoms with Crippen molar-refractivity contribution in [1.29, 1.82) is 0 Å². The molecule has 0 bridgehead atoms. The SMILES string of the molecule is COc1cc(C(C)C)c(C=O)cc1Cl.COc1cc(C(C)C)c(O)cc1Cl. The average Bonchev–Trinajstić information content (AvgIpc) is 2.61. The van der Waals surface area contributed by atoms with E-state index in [0.29, 0.717) is 27.1 Å². The number of carbonyl (C=O) groups excluding carboxylic acids is 1. The Morgan fingerprint density at radius 1 is 0.852 bits per heavy atom. The Kier molecular flexibility index (Phi) is 8.94. The molecule has 2 aromatic rings. The van der Waals surface area contributed by atoms with Gasteiger partial charge in [-0.2, -0.15) is 0 Å². The zero-order chi connectivity index (χ0) is 20.7. The molecule has 0 aliphatic carbocycles. The van der Waals surface area contributed by atoms with E-state index in [1.807, 2.05) is 33.8 Å². The van der Waals surface area contributed by atoms with Crippen LogP contribution >= 0.6 is 23.2 Å². The summed E-state index contributed by atoms with van der Waals surface area (Å²) >= 11 is 11.7. The number of hydrogen-bond donors (Lipinski definition) is 1. The van der Waals surface area contributed by atoms with Gasteiger partial charge in [-0.3, -0.25) is 4.79 Å². The second-order valence-electron chi connectivity index (χ2n) is 6.59. The van der Waals surface area contributed by atoms with E-state index in [2.05, 4.69) is 0 Å². The number of halogens is 2. The minimum atomic E-state index is 0.223. The van der Waals surface area contributed by atoms with Gasteiger partial charge >= 0.3 is 0 Å².